The molecule has 4 rings (SSSR count). The Hall–Kier alpha value is -2.16. The number of aromatic carboxylic acids is 1. The minimum atomic E-state index is -0.888. The molecular weight excluding hydrogens is 334 g/mol. The van der Waals surface area contributed by atoms with Crippen molar-refractivity contribution in [3.63, 3.8) is 0 Å². The van der Waals surface area contributed by atoms with E-state index < -0.39 is 5.97 Å². The third-order valence-corrected chi connectivity index (χ3v) is 6.95. The number of benzene rings is 1. The Labute approximate surface area is 161 Å². The van der Waals surface area contributed by atoms with E-state index in [9.17, 15) is 9.90 Å². The predicted octanol–water partition coefficient (Wildman–Crippen LogP) is 5.52. The first-order valence-electron chi connectivity index (χ1n) is 9.93. The van der Waals surface area contributed by atoms with Crippen molar-refractivity contribution in [2.24, 2.45) is 0 Å². The highest BCUT2D eigenvalue weighted by molar-refractivity contribution is 5.89. The molecule has 1 saturated carbocycles. The fourth-order valence-electron chi connectivity index (χ4n) is 4.96. The first kappa shape index (κ1) is 18.2. The molecule has 142 valence electrons. The zero-order chi connectivity index (χ0) is 19.6. The number of pyridine rings is 1. The van der Waals surface area contributed by atoms with Crippen LogP contribution in [0, 0.1) is 6.92 Å². The van der Waals surface area contributed by atoms with Gasteiger partial charge in [-0.3, -0.25) is 4.98 Å². The third kappa shape index (κ3) is 2.70. The summed E-state index contributed by atoms with van der Waals surface area (Å²) in [4.78, 5) is 16.3. The number of carboxylic acids is 1. The first-order chi connectivity index (χ1) is 12.6. The zero-order valence-corrected chi connectivity index (χ0v) is 17.0. The number of aryl methyl sites for hydroxylation is 1. The molecular formula is C24H29NO2. The molecule has 0 spiro atoms. The van der Waals surface area contributed by atoms with Gasteiger partial charge in [-0.05, 0) is 77.8 Å². The van der Waals surface area contributed by atoms with Crippen molar-refractivity contribution in [3.05, 3.63) is 64.0 Å². The predicted molar refractivity (Wildman–Crippen MR) is 108 cm³/mol. The van der Waals surface area contributed by atoms with E-state index >= 15 is 0 Å². The van der Waals surface area contributed by atoms with Crippen LogP contribution in [-0.4, -0.2) is 16.1 Å². The molecule has 3 heteroatoms. The minimum absolute atomic E-state index is 0.142. The molecule has 2 aromatic rings. The average Bonchev–Trinajstić information content (AvgIpc) is 3.40. The largest absolute Gasteiger partial charge is 0.478 e. The van der Waals surface area contributed by atoms with Gasteiger partial charge in [0.1, 0.15) is 0 Å². The number of fused-ring (bicyclic) bond motifs is 1. The lowest BCUT2D eigenvalue weighted by Gasteiger charge is -2.43. The molecule has 0 radical (unpaired) electrons. The standard InChI is InChI=1S/C24H29NO2/c1-15-13-18-19(23(4,5)9-8-22(18,2)3)14-17(15)24(10-11-24)20-16(21(26)27)7-6-12-25-20/h6-7,12-14H,8-11H2,1-5H3,(H,26,27). The monoisotopic (exact) mass is 363 g/mol. The molecule has 1 aromatic heterocycles. The van der Waals surface area contributed by atoms with Gasteiger partial charge in [0.25, 0.3) is 0 Å². The van der Waals surface area contributed by atoms with Gasteiger partial charge in [-0.2, -0.15) is 0 Å². The van der Waals surface area contributed by atoms with Crippen LogP contribution in [0.15, 0.2) is 30.5 Å². The van der Waals surface area contributed by atoms with Gasteiger partial charge in [-0.25, -0.2) is 4.79 Å². The van der Waals surface area contributed by atoms with Crippen LogP contribution in [0.4, 0.5) is 0 Å². The summed E-state index contributed by atoms with van der Waals surface area (Å²) in [6.07, 6.45) is 6.02. The summed E-state index contributed by atoms with van der Waals surface area (Å²) in [5, 5.41) is 9.68. The van der Waals surface area contributed by atoms with Crippen LogP contribution in [0.3, 0.4) is 0 Å². The molecule has 0 bridgehead atoms. The van der Waals surface area contributed by atoms with E-state index in [1.165, 1.54) is 35.1 Å². The van der Waals surface area contributed by atoms with Gasteiger partial charge < -0.3 is 5.11 Å². The molecule has 1 fully saturated rings. The highest BCUT2D eigenvalue weighted by atomic mass is 16.4. The summed E-state index contributed by atoms with van der Waals surface area (Å²) < 4.78 is 0. The summed E-state index contributed by atoms with van der Waals surface area (Å²) in [5.74, 6) is -0.888. The lowest BCUT2D eigenvalue weighted by Crippen LogP contribution is -2.34. The highest BCUT2D eigenvalue weighted by Gasteiger charge is 2.51. The van der Waals surface area contributed by atoms with E-state index in [1.807, 2.05) is 0 Å². The van der Waals surface area contributed by atoms with Gasteiger partial charge in [-0.1, -0.05) is 39.8 Å². The van der Waals surface area contributed by atoms with E-state index in [2.05, 4.69) is 51.7 Å². The molecule has 0 aliphatic heterocycles. The van der Waals surface area contributed by atoms with Crippen molar-refractivity contribution < 1.29 is 9.90 Å². The van der Waals surface area contributed by atoms with Crippen LogP contribution >= 0.6 is 0 Å². The van der Waals surface area contributed by atoms with Crippen molar-refractivity contribution in [2.75, 3.05) is 0 Å². The van der Waals surface area contributed by atoms with E-state index in [-0.39, 0.29) is 16.2 Å². The summed E-state index contributed by atoms with van der Waals surface area (Å²) in [7, 11) is 0. The second-order valence-electron chi connectivity index (χ2n) is 9.77. The van der Waals surface area contributed by atoms with Crippen molar-refractivity contribution >= 4 is 5.97 Å². The second kappa shape index (κ2) is 5.67. The van der Waals surface area contributed by atoms with Gasteiger partial charge in [-0.15, -0.1) is 0 Å². The number of rotatable bonds is 3. The minimum Gasteiger partial charge on any atom is -0.478 e. The molecule has 1 aromatic carbocycles. The van der Waals surface area contributed by atoms with Crippen molar-refractivity contribution in [1.82, 2.24) is 4.98 Å². The van der Waals surface area contributed by atoms with Crippen LogP contribution in [-0.2, 0) is 16.2 Å². The molecule has 3 nitrogen and oxygen atoms in total. The van der Waals surface area contributed by atoms with Crippen LogP contribution in [0.2, 0.25) is 0 Å². The molecule has 27 heavy (non-hydrogen) atoms. The molecule has 0 saturated heterocycles. The number of carbonyl (C=O) groups is 1. The zero-order valence-electron chi connectivity index (χ0n) is 17.0. The molecule has 0 unspecified atom stereocenters. The number of carboxylic acid groups (broad SMARTS) is 1. The van der Waals surface area contributed by atoms with Gasteiger partial charge >= 0.3 is 5.97 Å². The van der Waals surface area contributed by atoms with Crippen molar-refractivity contribution in [2.45, 2.75) is 76.5 Å². The third-order valence-electron chi connectivity index (χ3n) is 6.95. The van der Waals surface area contributed by atoms with E-state index in [1.54, 1.807) is 18.3 Å². The summed E-state index contributed by atoms with van der Waals surface area (Å²) >= 11 is 0. The van der Waals surface area contributed by atoms with Crippen LogP contribution in [0.25, 0.3) is 0 Å². The molecule has 1 heterocycles. The maximum atomic E-state index is 11.8. The van der Waals surface area contributed by atoms with Crippen LogP contribution < -0.4 is 0 Å². The van der Waals surface area contributed by atoms with Crippen LogP contribution in [0.5, 0.6) is 0 Å². The Balaban J connectivity index is 1.93. The summed E-state index contributed by atoms with van der Waals surface area (Å²) in [6, 6.07) is 8.16. The van der Waals surface area contributed by atoms with Gasteiger partial charge in [0.15, 0.2) is 0 Å². The molecule has 1 N–H and O–H groups in total. The van der Waals surface area contributed by atoms with Gasteiger partial charge in [0.05, 0.1) is 11.3 Å². The maximum Gasteiger partial charge on any atom is 0.337 e. The van der Waals surface area contributed by atoms with E-state index in [0.717, 1.165) is 18.5 Å². The van der Waals surface area contributed by atoms with E-state index in [4.69, 9.17) is 0 Å². The molecule has 2 aliphatic carbocycles. The lowest BCUT2D eigenvalue weighted by molar-refractivity contribution is 0.0694. The van der Waals surface area contributed by atoms with Gasteiger partial charge in [0, 0.05) is 11.6 Å². The SMILES string of the molecule is Cc1cc2c(cc1C1(c3ncccc3C(=O)O)CC1)C(C)(C)CCC2(C)C. The maximum absolute atomic E-state index is 11.8. The smallest absolute Gasteiger partial charge is 0.337 e. The van der Waals surface area contributed by atoms with E-state index in [0.29, 0.717) is 5.56 Å². The molecule has 0 atom stereocenters. The molecule has 0 amide bonds. The normalized spacial score (nSPS) is 21.4. The lowest BCUT2D eigenvalue weighted by atomic mass is 9.62. The first-order valence-corrected chi connectivity index (χ1v) is 9.93. The van der Waals surface area contributed by atoms with Crippen LogP contribution in [0.1, 0.15) is 91.7 Å². The Morgan fingerprint density at radius 1 is 0.963 bits per heavy atom. The summed E-state index contributed by atoms with van der Waals surface area (Å²) in [6.45, 7) is 11.5. The Bertz CT molecular complexity index is 935. The Morgan fingerprint density at radius 3 is 2.11 bits per heavy atom. The molecule has 2 aliphatic rings. The Morgan fingerprint density at radius 2 is 1.56 bits per heavy atom. The number of hydrogen-bond donors (Lipinski definition) is 1. The number of aromatic nitrogens is 1. The van der Waals surface area contributed by atoms with Crippen molar-refractivity contribution in [1.29, 1.82) is 0 Å². The second-order valence-corrected chi connectivity index (χ2v) is 9.77. The number of hydrogen-bond acceptors (Lipinski definition) is 2. The Kier molecular flexibility index (Phi) is 3.82. The fourth-order valence-corrected chi connectivity index (χ4v) is 4.96. The van der Waals surface area contributed by atoms with Crippen molar-refractivity contribution in [3.8, 4) is 0 Å². The highest BCUT2D eigenvalue weighted by Crippen LogP contribution is 2.56. The number of nitrogens with zero attached hydrogens (tertiary/aromatic N) is 1. The summed E-state index contributed by atoms with van der Waals surface area (Å²) in [5.41, 5.74) is 6.57. The van der Waals surface area contributed by atoms with Gasteiger partial charge in [0.2, 0.25) is 0 Å². The average molecular weight is 364 g/mol. The fraction of sp³-hybridized carbons (Fsp3) is 0.500. The topological polar surface area (TPSA) is 50.2 Å². The quantitative estimate of drug-likeness (QED) is 0.781.